The van der Waals surface area contributed by atoms with Gasteiger partial charge in [-0.3, -0.25) is 4.79 Å². The van der Waals surface area contributed by atoms with Crippen LogP contribution in [0.1, 0.15) is 18.9 Å². The van der Waals surface area contributed by atoms with Crippen LogP contribution in [-0.4, -0.2) is 25.3 Å². The Balaban J connectivity index is 2.43. The minimum absolute atomic E-state index is 0.0738. The zero-order chi connectivity index (χ0) is 13.4. The van der Waals surface area contributed by atoms with Crippen molar-refractivity contribution in [1.82, 2.24) is 5.32 Å². The first-order valence-corrected chi connectivity index (χ1v) is 7.09. The van der Waals surface area contributed by atoms with E-state index in [1.807, 2.05) is 19.1 Å². The van der Waals surface area contributed by atoms with Crippen LogP contribution in [0.3, 0.4) is 0 Å². The highest BCUT2D eigenvalue weighted by atomic mass is 32.2. The van der Waals surface area contributed by atoms with Crippen LogP contribution in [0.25, 0.3) is 0 Å². The van der Waals surface area contributed by atoms with Gasteiger partial charge in [-0.25, -0.2) is 0 Å². The fourth-order valence-corrected chi connectivity index (χ4v) is 2.32. The fraction of sp³-hybridized carbons (Fsp3) is 0.462. The van der Waals surface area contributed by atoms with Crippen LogP contribution in [-0.2, 0) is 10.5 Å². The number of rotatable bonds is 7. The summed E-state index contributed by atoms with van der Waals surface area (Å²) in [5.41, 5.74) is 7.46. The second kappa shape index (κ2) is 7.87. The highest BCUT2D eigenvalue weighted by molar-refractivity contribution is 7.99. The number of amides is 1. The Morgan fingerprint density at radius 1 is 1.50 bits per heavy atom. The maximum atomic E-state index is 11.4. The predicted octanol–water partition coefficient (Wildman–Crippen LogP) is 2.04. The molecular formula is C13H20N2O2S. The van der Waals surface area contributed by atoms with Crippen molar-refractivity contribution in [3.8, 4) is 5.75 Å². The molecule has 1 aromatic rings. The Labute approximate surface area is 112 Å². The number of nitrogen functional groups attached to an aromatic ring is 1. The van der Waals surface area contributed by atoms with E-state index in [9.17, 15) is 4.79 Å². The van der Waals surface area contributed by atoms with Crippen molar-refractivity contribution in [2.24, 2.45) is 0 Å². The first-order valence-electron chi connectivity index (χ1n) is 5.94. The SMILES string of the molecule is CCCNC(=O)CSCc1cc(N)ccc1OC. The summed E-state index contributed by atoms with van der Waals surface area (Å²) in [4.78, 5) is 11.4. The van der Waals surface area contributed by atoms with E-state index < -0.39 is 0 Å². The van der Waals surface area contributed by atoms with Gasteiger partial charge in [0.15, 0.2) is 0 Å². The number of nitrogens with two attached hydrogens (primary N) is 1. The Hall–Kier alpha value is -1.36. The number of carbonyl (C=O) groups is 1. The summed E-state index contributed by atoms with van der Waals surface area (Å²) in [6.45, 7) is 2.77. The molecule has 0 radical (unpaired) electrons. The summed E-state index contributed by atoms with van der Waals surface area (Å²) >= 11 is 1.56. The van der Waals surface area contributed by atoms with E-state index in [1.165, 1.54) is 0 Å². The molecule has 1 rings (SSSR count). The molecule has 3 N–H and O–H groups in total. The van der Waals surface area contributed by atoms with Crippen molar-refractivity contribution < 1.29 is 9.53 Å². The molecule has 0 aromatic heterocycles. The van der Waals surface area contributed by atoms with E-state index in [2.05, 4.69) is 5.32 Å². The number of anilines is 1. The molecule has 0 spiro atoms. The highest BCUT2D eigenvalue weighted by Gasteiger charge is 2.05. The molecule has 4 nitrogen and oxygen atoms in total. The van der Waals surface area contributed by atoms with Gasteiger partial charge in [0.1, 0.15) is 5.75 Å². The number of methoxy groups -OCH3 is 1. The second-order valence-corrected chi connectivity index (χ2v) is 4.90. The summed E-state index contributed by atoms with van der Waals surface area (Å²) in [5, 5.41) is 2.84. The number of benzene rings is 1. The lowest BCUT2D eigenvalue weighted by molar-refractivity contribution is -0.118. The molecule has 1 aromatic carbocycles. The Morgan fingerprint density at radius 2 is 2.28 bits per heavy atom. The van der Waals surface area contributed by atoms with Crippen molar-refractivity contribution in [3.05, 3.63) is 23.8 Å². The molecule has 0 fully saturated rings. The van der Waals surface area contributed by atoms with Gasteiger partial charge in [-0.15, -0.1) is 11.8 Å². The van der Waals surface area contributed by atoms with Crippen molar-refractivity contribution >= 4 is 23.4 Å². The second-order valence-electron chi connectivity index (χ2n) is 3.91. The number of hydrogen-bond acceptors (Lipinski definition) is 4. The van der Waals surface area contributed by atoms with Gasteiger partial charge in [-0.2, -0.15) is 0 Å². The summed E-state index contributed by atoms with van der Waals surface area (Å²) < 4.78 is 5.25. The number of carbonyl (C=O) groups excluding carboxylic acids is 1. The molecule has 0 bridgehead atoms. The van der Waals surface area contributed by atoms with Crippen molar-refractivity contribution in [2.75, 3.05) is 25.1 Å². The molecule has 0 aliphatic carbocycles. The topological polar surface area (TPSA) is 64.4 Å². The van der Waals surface area contributed by atoms with E-state index in [0.717, 1.165) is 24.3 Å². The fourth-order valence-electron chi connectivity index (χ4n) is 1.48. The zero-order valence-corrected chi connectivity index (χ0v) is 11.7. The van der Waals surface area contributed by atoms with Crippen LogP contribution < -0.4 is 15.8 Å². The third-order valence-electron chi connectivity index (χ3n) is 2.37. The van der Waals surface area contributed by atoms with Crippen LogP contribution in [0, 0.1) is 0 Å². The van der Waals surface area contributed by atoms with Gasteiger partial charge in [-0.1, -0.05) is 6.92 Å². The maximum absolute atomic E-state index is 11.4. The van der Waals surface area contributed by atoms with Gasteiger partial charge >= 0.3 is 0 Å². The van der Waals surface area contributed by atoms with E-state index >= 15 is 0 Å². The molecule has 0 saturated carbocycles. The predicted molar refractivity (Wildman–Crippen MR) is 76.9 cm³/mol. The molecule has 1 amide bonds. The highest BCUT2D eigenvalue weighted by Crippen LogP contribution is 2.25. The number of hydrogen-bond donors (Lipinski definition) is 2. The van der Waals surface area contributed by atoms with Gasteiger partial charge in [0.2, 0.25) is 5.91 Å². The molecule has 0 saturated heterocycles. The average molecular weight is 268 g/mol. The summed E-state index contributed by atoms with van der Waals surface area (Å²) in [5.74, 6) is 2.06. The summed E-state index contributed by atoms with van der Waals surface area (Å²) in [6, 6.07) is 5.54. The normalized spacial score (nSPS) is 10.1. The lowest BCUT2D eigenvalue weighted by Crippen LogP contribution is -2.25. The van der Waals surface area contributed by atoms with Crippen molar-refractivity contribution in [1.29, 1.82) is 0 Å². The number of thioether (sulfide) groups is 1. The van der Waals surface area contributed by atoms with E-state index in [-0.39, 0.29) is 5.91 Å². The maximum Gasteiger partial charge on any atom is 0.230 e. The zero-order valence-electron chi connectivity index (χ0n) is 10.9. The molecule has 18 heavy (non-hydrogen) atoms. The van der Waals surface area contributed by atoms with E-state index in [1.54, 1.807) is 24.9 Å². The molecule has 0 aliphatic heterocycles. The van der Waals surface area contributed by atoms with Gasteiger partial charge in [0.05, 0.1) is 12.9 Å². The molecule has 5 heteroatoms. The quantitative estimate of drug-likeness (QED) is 0.743. The van der Waals surface area contributed by atoms with Crippen LogP contribution >= 0.6 is 11.8 Å². The van der Waals surface area contributed by atoms with E-state index in [4.69, 9.17) is 10.5 Å². The minimum Gasteiger partial charge on any atom is -0.496 e. The molecule has 0 heterocycles. The lowest BCUT2D eigenvalue weighted by atomic mass is 10.2. The van der Waals surface area contributed by atoms with Crippen LogP contribution in [0.15, 0.2) is 18.2 Å². The molecule has 0 atom stereocenters. The van der Waals surface area contributed by atoms with Crippen molar-refractivity contribution in [2.45, 2.75) is 19.1 Å². The van der Waals surface area contributed by atoms with Gasteiger partial charge in [0.25, 0.3) is 0 Å². The molecule has 0 unspecified atom stereocenters. The van der Waals surface area contributed by atoms with Crippen LogP contribution in [0.2, 0.25) is 0 Å². The monoisotopic (exact) mass is 268 g/mol. The summed E-state index contributed by atoms with van der Waals surface area (Å²) in [7, 11) is 1.63. The molecular weight excluding hydrogens is 248 g/mol. The smallest absolute Gasteiger partial charge is 0.230 e. The van der Waals surface area contributed by atoms with Gasteiger partial charge in [0, 0.05) is 23.5 Å². The van der Waals surface area contributed by atoms with Crippen LogP contribution in [0.5, 0.6) is 5.75 Å². The molecule has 0 aliphatic rings. The lowest BCUT2D eigenvalue weighted by Gasteiger charge is -2.09. The van der Waals surface area contributed by atoms with Gasteiger partial charge < -0.3 is 15.8 Å². The first kappa shape index (κ1) is 14.7. The minimum atomic E-state index is 0.0738. The number of nitrogens with one attached hydrogen (secondary N) is 1. The van der Waals surface area contributed by atoms with Crippen molar-refractivity contribution in [3.63, 3.8) is 0 Å². The summed E-state index contributed by atoms with van der Waals surface area (Å²) in [6.07, 6.45) is 0.958. The molecule has 100 valence electrons. The standard InChI is InChI=1S/C13H20N2O2S/c1-3-6-15-13(16)9-18-8-10-7-11(14)4-5-12(10)17-2/h4-5,7H,3,6,8-9,14H2,1-2H3,(H,15,16). The van der Waals surface area contributed by atoms with Crippen LogP contribution in [0.4, 0.5) is 5.69 Å². The average Bonchev–Trinajstić information content (AvgIpc) is 2.36. The first-order chi connectivity index (χ1) is 8.67. The van der Waals surface area contributed by atoms with Gasteiger partial charge in [-0.05, 0) is 24.6 Å². The Morgan fingerprint density at radius 3 is 2.94 bits per heavy atom. The third kappa shape index (κ3) is 4.87. The Kier molecular flexibility index (Phi) is 6.43. The number of ether oxygens (including phenoxy) is 1. The van der Waals surface area contributed by atoms with E-state index in [0.29, 0.717) is 17.2 Å². The largest absolute Gasteiger partial charge is 0.496 e. The third-order valence-corrected chi connectivity index (χ3v) is 3.35. The Bertz CT molecular complexity index is 397.